The second kappa shape index (κ2) is 9.20. The van der Waals surface area contributed by atoms with Crippen LogP contribution >= 0.6 is 23.4 Å². The van der Waals surface area contributed by atoms with E-state index < -0.39 is 0 Å². The van der Waals surface area contributed by atoms with Gasteiger partial charge in [0.05, 0.1) is 34.3 Å². The van der Waals surface area contributed by atoms with Crippen LogP contribution in [-0.4, -0.2) is 32.0 Å². The molecule has 2 aromatic heterocycles. The second-order valence-electron chi connectivity index (χ2n) is 6.65. The molecule has 0 unspecified atom stereocenters. The number of aromatic nitrogens is 3. The number of nitrogens with one attached hydrogen (secondary N) is 1. The van der Waals surface area contributed by atoms with Crippen molar-refractivity contribution in [3.63, 3.8) is 0 Å². The average Bonchev–Trinajstić information content (AvgIpc) is 3.18. The molecule has 2 heterocycles. The Morgan fingerprint density at radius 1 is 1.16 bits per heavy atom. The standard InChI is InChI=1S/C22H18ClN5O2S/c1-27-12-4-5-17(27)13-24-26-20(29)14-31-22-25-19-7-3-2-6-18(19)21(30)28(22)16-10-8-15(23)9-11-16/h2-13H,14H2,1H3,(H,26,29)/b24-13+. The van der Waals surface area contributed by atoms with Gasteiger partial charge in [-0.05, 0) is 48.5 Å². The van der Waals surface area contributed by atoms with Gasteiger partial charge in [0.25, 0.3) is 11.5 Å². The molecule has 0 spiro atoms. The Bertz CT molecular complexity index is 1330. The molecule has 9 heteroatoms. The number of para-hydroxylation sites is 1. The minimum atomic E-state index is -0.305. The van der Waals surface area contributed by atoms with Gasteiger partial charge in [-0.15, -0.1) is 0 Å². The lowest BCUT2D eigenvalue weighted by Gasteiger charge is -2.13. The van der Waals surface area contributed by atoms with E-state index in [-0.39, 0.29) is 17.2 Å². The first-order chi connectivity index (χ1) is 15.0. The number of nitrogens with zero attached hydrogens (tertiary/aromatic N) is 4. The van der Waals surface area contributed by atoms with Crippen LogP contribution in [0.25, 0.3) is 16.6 Å². The van der Waals surface area contributed by atoms with Crippen LogP contribution in [0.5, 0.6) is 0 Å². The van der Waals surface area contributed by atoms with Gasteiger partial charge in [0.1, 0.15) is 0 Å². The van der Waals surface area contributed by atoms with Crippen LogP contribution in [0.15, 0.2) is 81.9 Å². The van der Waals surface area contributed by atoms with Crippen molar-refractivity contribution in [3.8, 4) is 5.69 Å². The molecule has 0 aliphatic heterocycles. The molecule has 4 aromatic rings. The summed E-state index contributed by atoms with van der Waals surface area (Å²) in [4.78, 5) is 30.1. The predicted octanol–water partition coefficient (Wildman–Crippen LogP) is 3.62. The van der Waals surface area contributed by atoms with Gasteiger partial charge in [-0.2, -0.15) is 5.10 Å². The van der Waals surface area contributed by atoms with E-state index in [4.69, 9.17) is 11.6 Å². The molecule has 7 nitrogen and oxygen atoms in total. The highest BCUT2D eigenvalue weighted by Gasteiger charge is 2.14. The maximum Gasteiger partial charge on any atom is 0.266 e. The molecule has 0 aliphatic carbocycles. The maximum atomic E-state index is 13.2. The Labute approximate surface area is 187 Å². The van der Waals surface area contributed by atoms with E-state index in [1.54, 1.807) is 48.7 Å². The van der Waals surface area contributed by atoms with Gasteiger partial charge in [-0.1, -0.05) is 35.5 Å². The van der Waals surface area contributed by atoms with Crippen molar-refractivity contribution in [3.05, 3.63) is 87.9 Å². The lowest BCUT2D eigenvalue weighted by atomic mass is 10.2. The number of thioether (sulfide) groups is 1. The van der Waals surface area contributed by atoms with Gasteiger partial charge < -0.3 is 4.57 Å². The summed E-state index contributed by atoms with van der Waals surface area (Å²) in [6, 6.07) is 17.8. The highest BCUT2D eigenvalue weighted by molar-refractivity contribution is 7.99. The van der Waals surface area contributed by atoms with Crippen molar-refractivity contribution >= 4 is 46.4 Å². The van der Waals surface area contributed by atoms with Gasteiger partial charge in [0.2, 0.25) is 0 Å². The Balaban J connectivity index is 1.59. The number of halogens is 1. The summed E-state index contributed by atoms with van der Waals surface area (Å²) in [5, 5.41) is 5.46. The van der Waals surface area contributed by atoms with Crippen LogP contribution in [0.3, 0.4) is 0 Å². The lowest BCUT2D eigenvalue weighted by Crippen LogP contribution is -2.24. The molecule has 2 aromatic carbocycles. The fraction of sp³-hybridized carbons (Fsp3) is 0.0909. The number of hydrogen-bond acceptors (Lipinski definition) is 5. The third-order valence-corrected chi connectivity index (χ3v) is 5.72. The fourth-order valence-corrected chi connectivity index (χ4v) is 3.90. The first-order valence-electron chi connectivity index (χ1n) is 9.37. The van der Waals surface area contributed by atoms with E-state index in [2.05, 4.69) is 15.5 Å². The molecular weight excluding hydrogens is 434 g/mol. The highest BCUT2D eigenvalue weighted by atomic mass is 35.5. The smallest absolute Gasteiger partial charge is 0.266 e. The van der Waals surface area contributed by atoms with E-state index in [9.17, 15) is 9.59 Å². The molecule has 0 bridgehead atoms. The predicted molar refractivity (Wildman–Crippen MR) is 124 cm³/mol. The first kappa shape index (κ1) is 20.9. The van der Waals surface area contributed by atoms with Crippen LogP contribution in [0.2, 0.25) is 5.02 Å². The van der Waals surface area contributed by atoms with Crippen molar-refractivity contribution < 1.29 is 4.79 Å². The Morgan fingerprint density at radius 3 is 2.68 bits per heavy atom. The van der Waals surface area contributed by atoms with Crippen LogP contribution in [0, 0.1) is 0 Å². The summed E-state index contributed by atoms with van der Waals surface area (Å²) >= 11 is 7.16. The van der Waals surface area contributed by atoms with Crippen LogP contribution < -0.4 is 11.0 Å². The second-order valence-corrected chi connectivity index (χ2v) is 8.03. The minimum absolute atomic E-state index is 0.0445. The molecule has 4 rings (SSSR count). The van der Waals surface area contributed by atoms with Crippen molar-refractivity contribution in [2.24, 2.45) is 12.1 Å². The van der Waals surface area contributed by atoms with Crippen molar-refractivity contribution in [1.82, 2.24) is 19.5 Å². The van der Waals surface area contributed by atoms with E-state index in [1.165, 1.54) is 4.57 Å². The third-order valence-electron chi connectivity index (χ3n) is 4.53. The molecule has 0 saturated heterocycles. The molecular formula is C22H18ClN5O2S. The largest absolute Gasteiger partial charge is 0.350 e. The highest BCUT2D eigenvalue weighted by Crippen LogP contribution is 2.22. The van der Waals surface area contributed by atoms with Gasteiger partial charge in [0, 0.05) is 18.3 Å². The quantitative estimate of drug-likeness (QED) is 0.210. The SMILES string of the molecule is Cn1cccc1/C=N/NC(=O)CSc1nc2ccccc2c(=O)n1-c1ccc(Cl)cc1. The van der Waals surface area contributed by atoms with Gasteiger partial charge >= 0.3 is 0 Å². The number of aryl methyl sites for hydroxylation is 1. The van der Waals surface area contributed by atoms with Gasteiger partial charge in [0.15, 0.2) is 5.16 Å². The summed E-state index contributed by atoms with van der Waals surface area (Å²) in [5.41, 5.74) is 4.35. The van der Waals surface area contributed by atoms with Crippen LogP contribution in [0.4, 0.5) is 0 Å². The zero-order valence-corrected chi connectivity index (χ0v) is 18.1. The van der Waals surface area contributed by atoms with Crippen LogP contribution in [-0.2, 0) is 11.8 Å². The molecule has 0 saturated carbocycles. The molecule has 0 radical (unpaired) electrons. The number of carbonyl (C=O) groups excluding carboxylic acids is 1. The molecule has 156 valence electrons. The van der Waals surface area contributed by atoms with Crippen molar-refractivity contribution in [1.29, 1.82) is 0 Å². The zero-order chi connectivity index (χ0) is 21.8. The van der Waals surface area contributed by atoms with E-state index in [0.717, 1.165) is 17.5 Å². The summed E-state index contributed by atoms with van der Waals surface area (Å²) in [7, 11) is 1.89. The molecule has 1 N–H and O–H groups in total. The molecule has 31 heavy (non-hydrogen) atoms. The topological polar surface area (TPSA) is 81.3 Å². The monoisotopic (exact) mass is 451 g/mol. The molecule has 0 fully saturated rings. The first-order valence-corrected chi connectivity index (χ1v) is 10.7. The van der Waals surface area contributed by atoms with Crippen molar-refractivity contribution in [2.45, 2.75) is 5.16 Å². The number of hydrazone groups is 1. The number of benzene rings is 2. The lowest BCUT2D eigenvalue weighted by molar-refractivity contribution is -0.118. The van der Waals surface area contributed by atoms with Crippen LogP contribution in [0.1, 0.15) is 5.69 Å². The number of fused-ring (bicyclic) bond motifs is 1. The van der Waals surface area contributed by atoms with Gasteiger partial charge in [-0.3, -0.25) is 14.2 Å². The average molecular weight is 452 g/mol. The Hall–Kier alpha value is -3.36. The fourth-order valence-electron chi connectivity index (χ4n) is 2.97. The summed E-state index contributed by atoms with van der Waals surface area (Å²) in [5.74, 6) is -0.261. The molecule has 0 atom stereocenters. The molecule has 1 amide bonds. The number of rotatable bonds is 6. The summed E-state index contributed by atoms with van der Waals surface area (Å²) in [6.45, 7) is 0. The minimum Gasteiger partial charge on any atom is -0.350 e. The normalized spacial score (nSPS) is 11.3. The summed E-state index contributed by atoms with van der Waals surface area (Å²) in [6.07, 6.45) is 3.46. The number of carbonyl (C=O) groups is 1. The number of hydrogen-bond donors (Lipinski definition) is 1. The Kier molecular flexibility index (Phi) is 6.20. The van der Waals surface area contributed by atoms with E-state index in [0.29, 0.717) is 26.8 Å². The maximum absolute atomic E-state index is 13.2. The van der Waals surface area contributed by atoms with Gasteiger partial charge in [-0.25, -0.2) is 10.4 Å². The summed E-state index contributed by atoms with van der Waals surface area (Å²) < 4.78 is 3.37. The number of amides is 1. The van der Waals surface area contributed by atoms with Crippen molar-refractivity contribution in [2.75, 3.05) is 5.75 Å². The van der Waals surface area contributed by atoms with E-state index >= 15 is 0 Å². The Morgan fingerprint density at radius 2 is 1.94 bits per heavy atom. The van der Waals surface area contributed by atoms with E-state index in [1.807, 2.05) is 36.0 Å². The zero-order valence-electron chi connectivity index (χ0n) is 16.5. The third kappa shape index (κ3) is 4.70. The molecule has 0 aliphatic rings.